The van der Waals surface area contributed by atoms with E-state index in [-0.39, 0.29) is 18.6 Å². The molecular formula is C15H19NO5. The standard InChI is InChI=1S/C15H19NO5/c1-4-21-13(18)10-7-5-6-8-11(10)16-12(17)9-15(2,3)14(19)20/h5-8H,4,9H2,1-3H3,(H,16,17)(H,19,20). The van der Waals surface area contributed by atoms with E-state index in [1.807, 2.05) is 0 Å². The first-order chi connectivity index (χ1) is 9.77. The van der Waals surface area contributed by atoms with Gasteiger partial charge in [-0.05, 0) is 32.9 Å². The number of aliphatic carboxylic acids is 1. The number of nitrogens with one attached hydrogen (secondary N) is 1. The van der Waals surface area contributed by atoms with Crippen LogP contribution >= 0.6 is 0 Å². The Morgan fingerprint density at radius 2 is 1.86 bits per heavy atom. The summed E-state index contributed by atoms with van der Waals surface area (Å²) in [6, 6.07) is 6.43. The summed E-state index contributed by atoms with van der Waals surface area (Å²) >= 11 is 0. The third kappa shape index (κ3) is 4.59. The molecule has 6 heteroatoms. The van der Waals surface area contributed by atoms with Gasteiger partial charge in [-0.3, -0.25) is 9.59 Å². The van der Waals surface area contributed by atoms with Crippen LogP contribution in [0.25, 0.3) is 0 Å². The van der Waals surface area contributed by atoms with E-state index in [4.69, 9.17) is 9.84 Å². The van der Waals surface area contributed by atoms with Gasteiger partial charge in [0.25, 0.3) is 0 Å². The van der Waals surface area contributed by atoms with Crippen molar-refractivity contribution in [1.82, 2.24) is 0 Å². The highest BCUT2D eigenvalue weighted by molar-refractivity contribution is 6.02. The van der Waals surface area contributed by atoms with Crippen molar-refractivity contribution in [3.05, 3.63) is 29.8 Å². The molecule has 0 aliphatic carbocycles. The van der Waals surface area contributed by atoms with Crippen molar-refractivity contribution in [2.24, 2.45) is 5.41 Å². The quantitative estimate of drug-likeness (QED) is 0.785. The maximum Gasteiger partial charge on any atom is 0.340 e. The van der Waals surface area contributed by atoms with E-state index in [1.54, 1.807) is 25.1 Å². The number of carbonyl (C=O) groups excluding carboxylic acids is 2. The molecule has 6 nitrogen and oxygen atoms in total. The Hall–Kier alpha value is -2.37. The molecule has 1 rings (SSSR count). The molecular weight excluding hydrogens is 274 g/mol. The highest BCUT2D eigenvalue weighted by Crippen LogP contribution is 2.23. The molecule has 0 heterocycles. The minimum Gasteiger partial charge on any atom is -0.481 e. The average molecular weight is 293 g/mol. The summed E-state index contributed by atoms with van der Waals surface area (Å²) in [6.07, 6.45) is -0.195. The second kappa shape index (κ2) is 6.88. The van der Waals surface area contributed by atoms with Crippen LogP contribution in [-0.2, 0) is 14.3 Å². The largest absolute Gasteiger partial charge is 0.481 e. The lowest BCUT2D eigenvalue weighted by Gasteiger charge is -2.18. The first-order valence-electron chi connectivity index (χ1n) is 6.57. The van der Waals surface area contributed by atoms with Gasteiger partial charge in [-0.1, -0.05) is 12.1 Å². The van der Waals surface area contributed by atoms with E-state index in [0.29, 0.717) is 5.69 Å². The Morgan fingerprint density at radius 3 is 2.43 bits per heavy atom. The molecule has 114 valence electrons. The van der Waals surface area contributed by atoms with Crippen molar-refractivity contribution in [3.63, 3.8) is 0 Å². The van der Waals surface area contributed by atoms with Gasteiger partial charge < -0.3 is 15.2 Å². The summed E-state index contributed by atoms with van der Waals surface area (Å²) < 4.78 is 4.90. The Labute approximate surface area is 123 Å². The van der Waals surface area contributed by atoms with Gasteiger partial charge in [-0.15, -0.1) is 0 Å². The maximum atomic E-state index is 11.9. The van der Waals surface area contributed by atoms with E-state index < -0.39 is 23.3 Å². The molecule has 0 radical (unpaired) electrons. The molecule has 0 unspecified atom stereocenters. The number of hydrogen-bond donors (Lipinski definition) is 2. The van der Waals surface area contributed by atoms with Crippen molar-refractivity contribution in [1.29, 1.82) is 0 Å². The molecule has 0 saturated heterocycles. The number of para-hydroxylation sites is 1. The van der Waals surface area contributed by atoms with Crippen LogP contribution in [-0.4, -0.2) is 29.6 Å². The van der Waals surface area contributed by atoms with Crippen LogP contribution in [0.4, 0.5) is 5.69 Å². The highest BCUT2D eigenvalue weighted by Gasteiger charge is 2.30. The normalized spacial score (nSPS) is 10.8. The summed E-state index contributed by atoms with van der Waals surface area (Å²) in [6.45, 7) is 4.85. The Bertz CT molecular complexity index is 551. The number of anilines is 1. The van der Waals surface area contributed by atoms with E-state index in [0.717, 1.165) is 0 Å². The number of benzene rings is 1. The van der Waals surface area contributed by atoms with Gasteiger partial charge in [0.1, 0.15) is 0 Å². The third-order valence-electron chi connectivity index (χ3n) is 2.88. The lowest BCUT2D eigenvalue weighted by molar-refractivity contribution is -0.148. The van der Waals surface area contributed by atoms with Crippen molar-refractivity contribution in [2.45, 2.75) is 27.2 Å². The van der Waals surface area contributed by atoms with Gasteiger partial charge >= 0.3 is 11.9 Å². The monoisotopic (exact) mass is 293 g/mol. The molecule has 1 amide bonds. The van der Waals surface area contributed by atoms with Crippen molar-refractivity contribution in [3.8, 4) is 0 Å². The molecule has 0 bridgehead atoms. The molecule has 2 N–H and O–H groups in total. The summed E-state index contributed by atoms with van der Waals surface area (Å²) in [5.41, 5.74) is -0.633. The number of rotatable bonds is 6. The van der Waals surface area contributed by atoms with Gasteiger partial charge in [0, 0.05) is 6.42 Å². The van der Waals surface area contributed by atoms with Crippen LogP contribution in [0.5, 0.6) is 0 Å². The van der Waals surface area contributed by atoms with E-state index >= 15 is 0 Å². The Morgan fingerprint density at radius 1 is 1.24 bits per heavy atom. The molecule has 0 spiro atoms. The minimum atomic E-state index is -1.18. The fraction of sp³-hybridized carbons (Fsp3) is 0.400. The van der Waals surface area contributed by atoms with Gasteiger partial charge in [0.15, 0.2) is 0 Å². The molecule has 0 atom stereocenters. The van der Waals surface area contributed by atoms with Gasteiger partial charge in [0.2, 0.25) is 5.91 Å². The molecule has 0 aliphatic rings. The molecule has 0 saturated carbocycles. The van der Waals surface area contributed by atoms with E-state index in [2.05, 4.69) is 5.32 Å². The number of esters is 1. The number of amides is 1. The van der Waals surface area contributed by atoms with Crippen molar-refractivity contribution in [2.75, 3.05) is 11.9 Å². The minimum absolute atomic E-state index is 0.195. The second-order valence-electron chi connectivity index (χ2n) is 5.18. The highest BCUT2D eigenvalue weighted by atomic mass is 16.5. The Balaban J connectivity index is 2.86. The van der Waals surface area contributed by atoms with Crippen LogP contribution in [0.2, 0.25) is 0 Å². The fourth-order valence-electron chi connectivity index (χ4n) is 1.65. The maximum absolute atomic E-state index is 11.9. The van der Waals surface area contributed by atoms with Crippen LogP contribution in [0.3, 0.4) is 0 Å². The van der Waals surface area contributed by atoms with Crippen LogP contribution in [0.1, 0.15) is 37.6 Å². The average Bonchev–Trinajstić information content (AvgIpc) is 2.38. The van der Waals surface area contributed by atoms with Crippen LogP contribution in [0.15, 0.2) is 24.3 Å². The lowest BCUT2D eigenvalue weighted by atomic mass is 9.89. The molecule has 1 aromatic rings. The predicted molar refractivity (Wildman–Crippen MR) is 77.1 cm³/mol. The second-order valence-corrected chi connectivity index (χ2v) is 5.18. The van der Waals surface area contributed by atoms with E-state index in [9.17, 15) is 14.4 Å². The molecule has 21 heavy (non-hydrogen) atoms. The summed E-state index contributed by atoms with van der Waals surface area (Å²) in [7, 11) is 0. The Kier molecular flexibility index (Phi) is 5.46. The zero-order chi connectivity index (χ0) is 16.0. The molecule has 1 aromatic carbocycles. The molecule has 0 fully saturated rings. The smallest absolute Gasteiger partial charge is 0.340 e. The number of carboxylic acids is 1. The molecule has 0 aliphatic heterocycles. The summed E-state index contributed by atoms with van der Waals surface area (Å²) in [5, 5.41) is 11.6. The topological polar surface area (TPSA) is 92.7 Å². The first-order valence-corrected chi connectivity index (χ1v) is 6.57. The lowest BCUT2D eigenvalue weighted by Crippen LogP contribution is -2.30. The number of hydrogen-bond acceptors (Lipinski definition) is 4. The summed E-state index contributed by atoms with van der Waals surface area (Å²) in [4.78, 5) is 34.7. The summed E-state index contributed by atoms with van der Waals surface area (Å²) in [5.74, 6) is -2.07. The number of carbonyl (C=O) groups is 3. The number of ether oxygens (including phenoxy) is 1. The third-order valence-corrected chi connectivity index (χ3v) is 2.88. The van der Waals surface area contributed by atoms with Gasteiger partial charge in [-0.2, -0.15) is 0 Å². The predicted octanol–water partition coefficient (Wildman–Crippen LogP) is 2.30. The van der Waals surface area contributed by atoms with Gasteiger partial charge in [-0.25, -0.2) is 4.79 Å². The van der Waals surface area contributed by atoms with Crippen molar-refractivity contribution < 1.29 is 24.2 Å². The van der Waals surface area contributed by atoms with Crippen molar-refractivity contribution >= 4 is 23.5 Å². The van der Waals surface area contributed by atoms with Gasteiger partial charge in [0.05, 0.1) is 23.3 Å². The van der Waals surface area contributed by atoms with E-state index in [1.165, 1.54) is 19.9 Å². The fourth-order valence-corrected chi connectivity index (χ4v) is 1.65. The molecule has 0 aromatic heterocycles. The van der Waals surface area contributed by atoms with Crippen LogP contribution in [0, 0.1) is 5.41 Å². The zero-order valence-corrected chi connectivity index (χ0v) is 12.3. The number of carboxylic acid groups (broad SMARTS) is 1. The zero-order valence-electron chi connectivity index (χ0n) is 12.3. The van der Waals surface area contributed by atoms with Crippen LogP contribution < -0.4 is 5.32 Å². The SMILES string of the molecule is CCOC(=O)c1ccccc1NC(=O)CC(C)(C)C(=O)O. The first kappa shape index (κ1) is 16.7.